The fourth-order valence-electron chi connectivity index (χ4n) is 10.3. The van der Waals surface area contributed by atoms with Gasteiger partial charge in [0.05, 0.1) is 87.2 Å². The quantitative estimate of drug-likeness (QED) is 0.0432. The van der Waals surface area contributed by atoms with Gasteiger partial charge >= 0.3 is 6.03 Å². The summed E-state index contributed by atoms with van der Waals surface area (Å²) in [6, 6.07) is -0.541. The van der Waals surface area contributed by atoms with Gasteiger partial charge in [0.15, 0.2) is 0 Å². The maximum Gasteiger partial charge on any atom is 0.312 e. The molecule has 27 heteroatoms. The first-order chi connectivity index (χ1) is 39.6. The Bertz CT molecular complexity index is 2340. The number of rotatable bonds is 40. The molecule has 84 heavy (non-hydrogen) atoms. The minimum atomic E-state index is -4.51. The number of nitrogens with one attached hydrogen (secondary N) is 6. The van der Waals surface area contributed by atoms with E-state index in [9.17, 15) is 46.8 Å². The number of benzene rings is 1. The van der Waals surface area contributed by atoms with Gasteiger partial charge in [-0.1, -0.05) is 68.7 Å². The Kier molecular flexibility index (Phi) is 33.5. The highest BCUT2D eigenvalue weighted by molar-refractivity contribution is 7.90. The van der Waals surface area contributed by atoms with Crippen LogP contribution in [-0.4, -0.2) is 214 Å². The average molecular weight is 1210 g/mol. The number of likely N-dealkylation sites (tertiary alicyclic amines) is 1. The van der Waals surface area contributed by atoms with Crippen LogP contribution in [0.2, 0.25) is 0 Å². The van der Waals surface area contributed by atoms with E-state index in [1.165, 1.54) is 45.4 Å². The lowest BCUT2D eigenvalue weighted by Crippen LogP contribution is -2.59. The monoisotopic (exact) mass is 1210 g/mol. The number of hydrogen-bond donors (Lipinski definition) is 8. The molecule has 0 saturated carbocycles. The molecule has 0 bridgehead atoms. The Morgan fingerprint density at radius 1 is 0.738 bits per heavy atom. The summed E-state index contributed by atoms with van der Waals surface area (Å²) in [4.78, 5) is 113. The lowest BCUT2D eigenvalue weighted by atomic mass is 9.89. The third-order valence-electron chi connectivity index (χ3n) is 15.0. The van der Waals surface area contributed by atoms with Crippen LogP contribution in [0.15, 0.2) is 29.2 Å². The van der Waals surface area contributed by atoms with E-state index in [0.717, 1.165) is 0 Å². The Labute approximate surface area is 498 Å². The first-order valence-corrected chi connectivity index (χ1v) is 30.7. The summed E-state index contributed by atoms with van der Waals surface area (Å²) in [6.45, 7) is 19.2. The minimum absolute atomic E-state index is 0.0168. The van der Waals surface area contributed by atoms with E-state index in [2.05, 4.69) is 31.3 Å². The average Bonchev–Trinajstić information content (AvgIpc) is 3.62. The van der Waals surface area contributed by atoms with Crippen molar-refractivity contribution in [1.82, 2.24) is 40.7 Å². The molecule has 1 heterocycles. The molecule has 1 aromatic rings. The number of ether oxygens (including phenoxy) is 5. The Morgan fingerprint density at radius 3 is 1.86 bits per heavy atom. The largest absolute Gasteiger partial charge is 0.379 e. The molecule has 0 aromatic heterocycles. The van der Waals surface area contributed by atoms with Gasteiger partial charge in [-0.05, 0) is 87.7 Å². The number of sulfonamides is 1. The number of carbonyl (C=O) groups is 8. The predicted molar refractivity (Wildman–Crippen MR) is 317 cm³/mol. The fourth-order valence-corrected chi connectivity index (χ4v) is 11.3. The van der Waals surface area contributed by atoms with Crippen molar-refractivity contribution in [2.24, 2.45) is 41.1 Å². The van der Waals surface area contributed by atoms with Gasteiger partial charge in [0.1, 0.15) is 18.1 Å². The first-order valence-electron chi connectivity index (χ1n) is 29.2. The van der Waals surface area contributed by atoms with Crippen molar-refractivity contribution in [1.29, 1.82) is 0 Å². The number of urea groups is 1. The minimum Gasteiger partial charge on any atom is -0.379 e. The van der Waals surface area contributed by atoms with Crippen LogP contribution in [-0.2, 0) is 67.3 Å². The normalized spacial score (nSPS) is 16.9. The molecular formula is C57H101N11O15S. The smallest absolute Gasteiger partial charge is 0.312 e. The second-order valence-corrected chi connectivity index (χ2v) is 24.3. The molecule has 10 atom stereocenters. The van der Waals surface area contributed by atoms with Crippen molar-refractivity contribution in [2.45, 2.75) is 161 Å². The van der Waals surface area contributed by atoms with Crippen molar-refractivity contribution in [3.05, 3.63) is 24.3 Å². The lowest BCUT2D eigenvalue weighted by molar-refractivity contribution is -0.148. The molecule has 2 rings (SSSR count). The van der Waals surface area contributed by atoms with Crippen molar-refractivity contribution < 1.29 is 70.5 Å². The van der Waals surface area contributed by atoms with Crippen LogP contribution in [0, 0.1) is 29.6 Å². The molecule has 1 aromatic carbocycles. The number of primary amides is 1. The summed E-state index contributed by atoms with van der Waals surface area (Å²) in [5, 5.41) is 13.5. The summed E-state index contributed by atoms with van der Waals surface area (Å²) in [7, 11) is 3.67. The van der Waals surface area contributed by atoms with E-state index in [1.807, 2.05) is 60.5 Å². The van der Waals surface area contributed by atoms with Crippen LogP contribution in [0.3, 0.4) is 0 Å². The van der Waals surface area contributed by atoms with E-state index in [4.69, 9.17) is 35.2 Å². The number of nitrogens with zero attached hydrogens (tertiary/aromatic N) is 3. The van der Waals surface area contributed by atoms with Crippen LogP contribution >= 0.6 is 0 Å². The molecule has 9 amide bonds. The molecule has 26 nitrogen and oxygen atoms in total. The second-order valence-electron chi connectivity index (χ2n) is 22.6. The molecule has 1 fully saturated rings. The van der Waals surface area contributed by atoms with E-state index in [1.54, 1.807) is 30.7 Å². The number of anilines is 1. The van der Waals surface area contributed by atoms with E-state index < -0.39 is 100.0 Å². The zero-order chi connectivity index (χ0) is 63.4. The Balaban J connectivity index is 2.20. The number of carbonyl (C=O) groups excluding carboxylic acids is 8. The van der Waals surface area contributed by atoms with Crippen LogP contribution < -0.4 is 42.8 Å². The van der Waals surface area contributed by atoms with Crippen LogP contribution in [0.25, 0.3) is 0 Å². The van der Waals surface area contributed by atoms with E-state index in [-0.39, 0.29) is 91.5 Å². The van der Waals surface area contributed by atoms with Gasteiger partial charge < -0.3 is 71.5 Å². The maximum absolute atomic E-state index is 14.4. The van der Waals surface area contributed by atoms with Gasteiger partial charge in [-0.2, -0.15) is 0 Å². The topological polar surface area (TPSA) is 351 Å². The van der Waals surface area contributed by atoms with Gasteiger partial charge in [0.25, 0.3) is 10.0 Å². The number of nitrogens with two attached hydrogens (primary N) is 2. The van der Waals surface area contributed by atoms with Crippen molar-refractivity contribution >= 4 is 63.1 Å². The van der Waals surface area contributed by atoms with Crippen LogP contribution in [0.1, 0.15) is 107 Å². The molecule has 0 spiro atoms. The molecule has 10 N–H and O–H groups in total. The highest BCUT2D eigenvalue weighted by atomic mass is 32.2. The van der Waals surface area contributed by atoms with E-state index >= 15 is 0 Å². The second kappa shape index (κ2) is 37.8. The van der Waals surface area contributed by atoms with Gasteiger partial charge in [0, 0.05) is 53.0 Å². The van der Waals surface area contributed by atoms with E-state index in [0.29, 0.717) is 58.8 Å². The molecule has 1 aliphatic heterocycles. The standard InChI is InChI=1S/C57H101N11O15S/c1-15-38(8)50(67(12)56(75)48(36(4)5)64-55(74)49(37(6)7)66(10)11)44(79-13)34-46(70)68-27-17-19-43(68)51(80-14)39(9)52(71)65-84(77,78)41-22-20-40(21-23-41)61-53(72)42(18-16-26-60-57(59)76)62-54(73)47(35(2)3)63-45(69)24-28-81-30-32-83-33-31-82-29-25-58/h20-23,35-39,42-44,47-51H,15-19,24-34,58H2,1-14H3,(H,61,72)(H,62,73)(H,63,69)(H,64,74)(H,65,71)(H3,59,60,76)/t38-,39+,42-,43-,44+,47-,48-,49-,50-,51+/m0/s1. The lowest BCUT2D eigenvalue weighted by Gasteiger charge is -2.41. The Hall–Kier alpha value is -5.55. The maximum atomic E-state index is 14.4. The summed E-state index contributed by atoms with van der Waals surface area (Å²) in [5.74, 6) is -5.45. The Morgan fingerprint density at radius 2 is 1.33 bits per heavy atom. The molecule has 480 valence electrons. The predicted octanol–water partition coefficient (Wildman–Crippen LogP) is 1.55. The highest BCUT2D eigenvalue weighted by Crippen LogP contribution is 2.30. The van der Waals surface area contributed by atoms with Gasteiger partial charge in [-0.3, -0.25) is 38.5 Å². The van der Waals surface area contributed by atoms with Gasteiger partial charge in [0.2, 0.25) is 41.4 Å². The van der Waals surface area contributed by atoms with Crippen molar-refractivity contribution in [3.63, 3.8) is 0 Å². The van der Waals surface area contributed by atoms with Crippen molar-refractivity contribution in [2.75, 3.05) is 100.0 Å². The summed E-state index contributed by atoms with van der Waals surface area (Å²) < 4.78 is 57.6. The van der Waals surface area contributed by atoms with Crippen molar-refractivity contribution in [3.8, 4) is 0 Å². The molecule has 0 radical (unpaired) electrons. The summed E-state index contributed by atoms with van der Waals surface area (Å²) in [5.41, 5.74) is 10.7. The molecule has 0 aliphatic carbocycles. The SMILES string of the molecule is CC[C@H](C)[C@@H]([C@@H](CC(=O)N1CCC[C@H]1[C@H](OC)[C@@H](C)C(=O)NS(=O)(=O)c1ccc(NC(=O)[C@H](CCCNC(N)=O)NC(=O)[C@@H](NC(=O)CCOCCOCCOCCN)C(C)C)cc1)OC)N(C)C(=O)[C@@H](NC(=O)[C@H](C(C)C)N(C)C)C(C)C. The number of amides is 9. The third-order valence-corrected chi connectivity index (χ3v) is 16.3. The third kappa shape index (κ3) is 24.1. The molecular weight excluding hydrogens is 1110 g/mol. The van der Waals surface area contributed by atoms with Gasteiger partial charge in [-0.15, -0.1) is 0 Å². The van der Waals surface area contributed by atoms with Crippen LogP contribution in [0.4, 0.5) is 10.5 Å². The molecule has 0 unspecified atom stereocenters. The zero-order valence-electron chi connectivity index (χ0n) is 52.2. The number of hydrogen-bond acceptors (Lipinski definition) is 17. The van der Waals surface area contributed by atoms with Gasteiger partial charge in [-0.25, -0.2) is 17.9 Å². The zero-order valence-corrected chi connectivity index (χ0v) is 53.0. The molecule has 1 saturated heterocycles. The number of likely N-dealkylation sites (N-methyl/N-ethyl adjacent to an activating group) is 2. The summed E-state index contributed by atoms with van der Waals surface area (Å²) in [6.07, 6.45) is 0.0502. The first kappa shape index (κ1) is 74.6. The highest BCUT2D eigenvalue weighted by Gasteiger charge is 2.44. The fraction of sp³-hybridized carbons (Fsp3) is 0.754. The molecule has 1 aliphatic rings. The summed E-state index contributed by atoms with van der Waals surface area (Å²) >= 11 is 0. The number of methoxy groups -OCH3 is 2. The van der Waals surface area contributed by atoms with Crippen LogP contribution in [0.5, 0.6) is 0 Å².